The first kappa shape index (κ1) is 15.3. The van der Waals surface area contributed by atoms with Gasteiger partial charge in [0.2, 0.25) is 5.60 Å². The van der Waals surface area contributed by atoms with Crippen LogP contribution in [0.2, 0.25) is 0 Å². The first-order valence-corrected chi connectivity index (χ1v) is 7.09. The fraction of sp³-hybridized carbons (Fsp3) is 0.412. The van der Waals surface area contributed by atoms with Crippen molar-refractivity contribution >= 4 is 17.5 Å². The lowest BCUT2D eigenvalue weighted by Gasteiger charge is -2.26. The zero-order chi connectivity index (χ0) is 15.5. The maximum absolute atomic E-state index is 12.3. The molecule has 1 atom stereocenters. The molecule has 0 bridgehead atoms. The number of rotatable bonds is 4. The Morgan fingerprint density at radius 3 is 2.43 bits per heavy atom. The van der Waals surface area contributed by atoms with Crippen LogP contribution in [0.25, 0.3) is 5.57 Å². The van der Waals surface area contributed by atoms with Gasteiger partial charge in [-0.05, 0) is 25.0 Å². The molecule has 0 N–H and O–H groups in total. The summed E-state index contributed by atoms with van der Waals surface area (Å²) >= 11 is 0. The van der Waals surface area contributed by atoms with Crippen molar-refractivity contribution in [1.82, 2.24) is 0 Å². The Bertz CT molecular complexity index is 574. The maximum Gasteiger partial charge on any atom is 0.351 e. The number of ether oxygens (including phenoxy) is 2. The minimum Gasteiger partial charge on any atom is -0.463 e. The smallest absolute Gasteiger partial charge is 0.351 e. The second-order valence-electron chi connectivity index (χ2n) is 5.29. The van der Waals surface area contributed by atoms with Gasteiger partial charge in [0.15, 0.2) is 0 Å². The Morgan fingerprint density at radius 1 is 1.19 bits per heavy atom. The average molecular weight is 288 g/mol. The Kier molecular flexibility index (Phi) is 4.46. The van der Waals surface area contributed by atoms with Gasteiger partial charge in [-0.2, -0.15) is 0 Å². The number of carbonyl (C=O) groups excluding carboxylic acids is 2. The highest BCUT2D eigenvalue weighted by Gasteiger charge is 2.48. The van der Waals surface area contributed by atoms with Gasteiger partial charge in [-0.15, -0.1) is 0 Å². The van der Waals surface area contributed by atoms with Crippen LogP contribution >= 0.6 is 0 Å². The predicted molar refractivity (Wildman–Crippen MR) is 79.4 cm³/mol. The number of esters is 2. The second-order valence-corrected chi connectivity index (χ2v) is 5.29. The molecule has 2 rings (SSSR count). The first-order valence-electron chi connectivity index (χ1n) is 7.09. The lowest BCUT2D eigenvalue weighted by Crippen LogP contribution is -2.42. The van der Waals surface area contributed by atoms with Crippen LogP contribution < -0.4 is 0 Å². The van der Waals surface area contributed by atoms with Crippen molar-refractivity contribution in [2.75, 3.05) is 6.61 Å². The molecule has 21 heavy (non-hydrogen) atoms. The minimum atomic E-state index is -1.21. The average Bonchev–Trinajstić information content (AvgIpc) is 2.77. The zero-order valence-corrected chi connectivity index (χ0v) is 12.6. The van der Waals surface area contributed by atoms with Crippen molar-refractivity contribution < 1.29 is 19.1 Å². The van der Waals surface area contributed by atoms with Crippen LogP contribution in [0.4, 0.5) is 0 Å². The van der Waals surface area contributed by atoms with Crippen LogP contribution in [0.1, 0.15) is 39.2 Å². The van der Waals surface area contributed by atoms with Crippen LogP contribution in [0.5, 0.6) is 0 Å². The van der Waals surface area contributed by atoms with Crippen molar-refractivity contribution in [3.63, 3.8) is 0 Å². The monoisotopic (exact) mass is 288 g/mol. The molecule has 0 fully saturated rings. The van der Waals surface area contributed by atoms with E-state index < -0.39 is 17.5 Å². The normalized spacial score (nSPS) is 21.3. The molecule has 0 saturated heterocycles. The zero-order valence-electron chi connectivity index (χ0n) is 12.6. The Balaban J connectivity index is 2.32. The fourth-order valence-electron chi connectivity index (χ4n) is 2.82. The fourth-order valence-corrected chi connectivity index (χ4v) is 2.82. The van der Waals surface area contributed by atoms with Gasteiger partial charge in [0.1, 0.15) is 0 Å². The molecule has 4 nitrogen and oxygen atoms in total. The lowest BCUT2D eigenvalue weighted by atomic mass is 9.96. The molecule has 0 amide bonds. The quantitative estimate of drug-likeness (QED) is 0.799. The van der Waals surface area contributed by atoms with E-state index in [1.54, 1.807) is 6.92 Å². The number of benzene rings is 1. The molecule has 0 spiro atoms. The van der Waals surface area contributed by atoms with E-state index in [1.165, 1.54) is 6.92 Å². The summed E-state index contributed by atoms with van der Waals surface area (Å²) < 4.78 is 10.5. The summed E-state index contributed by atoms with van der Waals surface area (Å²) in [7, 11) is 0. The first-order chi connectivity index (χ1) is 9.98. The van der Waals surface area contributed by atoms with Gasteiger partial charge < -0.3 is 9.47 Å². The van der Waals surface area contributed by atoms with Crippen molar-refractivity contribution in [3.05, 3.63) is 41.5 Å². The molecule has 1 aromatic carbocycles. The molecule has 0 heterocycles. The maximum atomic E-state index is 12.3. The van der Waals surface area contributed by atoms with E-state index in [-0.39, 0.29) is 6.61 Å². The van der Waals surface area contributed by atoms with Crippen LogP contribution in [0, 0.1) is 0 Å². The van der Waals surface area contributed by atoms with E-state index in [4.69, 9.17) is 9.47 Å². The predicted octanol–water partition coefficient (Wildman–Crippen LogP) is 3.12. The molecule has 0 radical (unpaired) electrons. The SMILES string of the molecule is CCOC(=O)C1(OC(C)=O)CC(C)=C(c2ccccc2)C1. The molecule has 1 aromatic rings. The number of hydrogen-bond acceptors (Lipinski definition) is 4. The Hall–Kier alpha value is -2.10. The van der Waals surface area contributed by atoms with Gasteiger partial charge >= 0.3 is 11.9 Å². The summed E-state index contributed by atoms with van der Waals surface area (Å²) in [6.07, 6.45) is 0.747. The number of hydrogen-bond donors (Lipinski definition) is 0. The van der Waals surface area contributed by atoms with E-state index in [1.807, 2.05) is 37.3 Å². The third kappa shape index (κ3) is 3.15. The summed E-state index contributed by atoms with van der Waals surface area (Å²) in [4.78, 5) is 23.7. The Morgan fingerprint density at radius 2 is 1.86 bits per heavy atom. The molecular weight excluding hydrogens is 268 g/mol. The third-order valence-electron chi connectivity index (χ3n) is 3.64. The van der Waals surface area contributed by atoms with E-state index >= 15 is 0 Å². The largest absolute Gasteiger partial charge is 0.463 e. The van der Waals surface area contributed by atoms with Gasteiger partial charge in [0, 0.05) is 19.8 Å². The van der Waals surface area contributed by atoms with E-state index in [0.717, 1.165) is 16.7 Å². The minimum absolute atomic E-state index is 0.265. The van der Waals surface area contributed by atoms with Crippen molar-refractivity contribution in [2.45, 2.75) is 39.2 Å². The third-order valence-corrected chi connectivity index (χ3v) is 3.64. The molecule has 0 aromatic heterocycles. The molecule has 112 valence electrons. The summed E-state index contributed by atoms with van der Waals surface area (Å²) in [5, 5.41) is 0. The second kappa shape index (κ2) is 6.12. The standard InChI is InChI=1S/C17H20O4/c1-4-20-16(19)17(21-13(3)18)10-12(2)15(11-17)14-8-6-5-7-9-14/h5-9H,4,10-11H2,1-3H3. The summed E-state index contributed by atoms with van der Waals surface area (Å²) in [5.41, 5.74) is 1.94. The summed E-state index contributed by atoms with van der Waals surface area (Å²) in [6.45, 7) is 5.29. The highest BCUT2D eigenvalue weighted by Crippen LogP contribution is 2.43. The molecule has 1 aliphatic rings. The van der Waals surface area contributed by atoms with Crippen LogP contribution in [0.3, 0.4) is 0 Å². The van der Waals surface area contributed by atoms with Crippen LogP contribution in [-0.2, 0) is 19.1 Å². The van der Waals surface area contributed by atoms with Crippen LogP contribution in [0.15, 0.2) is 35.9 Å². The van der Waals surface area contributed by atoms with Crippen molar-refractivity contribution in [3.8, 4) is 0 Å². The molecular formula is C17H20O4. The van der Waals surface area contributed by atoms with E-state index in [2.05, 4.69) is 0 Å². The topological polar surface area (TPSA) is 52.6 Å². The molecule has 0 saturated carbocycles. The summed E-state index contributed by atoms with van der Waals surface area (Å²) in [5.74, 6) is -0.935. The van der Waals surface area contributed by atoms with E-state index in [0.29, 0.717) is 12.8 Å². The number of carbonyl (C=O) groups is 2. The highest BCUT2D eigenvalue weighted by atomic mass is 16.6. The van der Waals surface area contributed by atoms with Gasteiger partial charge in [-0.1, -0.05) is 35.9 Å². The Labute approximate surface area is 124 Å². The molecule has 1 aliphatic carbocycles. The van der Waals surface area contributed by atoms with Gasteiger partial charge in [0.05, 0.1) is 6.61 Å². The van der Waals surface area contributed by atoms with E-state index in [9.17, 15) is 9.59 Å². The molecule has 4 heteroatoms. The molecule has 1 unspecified atom stereocenters. The molecule has 0 aliphatic heterocycles. The van der Waals surface area contributed by atoms with Gasteiger partial charge in [-0.25, -0.2) is 4.79 Å². The van der Waals surface area contributed by atoms with Gasteiger partial charge in [0.25, 0.3) is 0 Å². The summed E-state index contributed by atoms with van der Waals surface area (Å²) in [6, 6.07) is 9.83. The lowest BCUT2D eigenvalue weighted by molar-refractivity contribution is -0.179. The van der Waals surface area contributed by atoms with Crippen molar-refractivity contribution in [2.24, 2.45) is 0 Å². The van der Waals surface area contributed by atoms with Crippen LogP contribution in [-0.4, -0.2) is 24.1 Å². The van der Waals surface area contributed by atoms with Gasteiger partial charge in [-0.3, -0.25) is 4.79 Å². The van der Waals surface area contributed by atoms with Crippen molar-refractivity contribution in [1.29, 1.82) is 0 Å². The highest BCUT2D eigenvalue weighted by molar-refractivity contribution is 5.89.